The molecule has 3 aromatic rings. The maximum Gasteiger partial charge on any atom is 0.335 e. The van der Waals surface area contributed by atoms with E-state index in [0.29, 0.717) is 11.4 Å². The molecule has 5 heteroatoms. The number of aliphatic hydroxyl groups excluding tert-OH is 1. The quantitative estimate of drug-likeness (QED) is 0.774. The highest BCUT2D eigenvalue weighted by Crippen LogP contribution is 2.22. The van der Waals surface area contributed by atoms with Crippen LogP contribution in [0.5, 0.6) is 0 Å². The summed E-state index contributed by atoms with van der Waals surface area (Å²) in [7, 11) is 0. The molecule has 114 valence electrons. The van der Waals surface area contributed by atoms with Gasteiger partial charge in [0.25, 0.3) is 0 Å². The van der Waals surface area contributed by atoms with Crippen LogP contribution < -0.4 is 0 Å². The van der Waals surface area contributed by atoms with Crippen molar-refractivity contribution in [1.82, 2.24) is 9.97 Å². The highest BCUT2D eigenvalue weighted by atomic mass is 16.4. The Kier molecular flexibility index (Phi) is 4.12. The number of aromatic nitrogens is 2. The zero-order valence-corrected chi connectivity index (χ0v) is 12.2. The number of hydrogen-bond acceptors (Lipinski definition) is 4. The highest BCUT2D eigenvalue weighted by Gasteiger charge is 2.06. The van der Waals surface area contributed by atoms with Crippen LogP contribution in [0, 0.1) is 0 Å². The van der Waals surface area contributed by atoms with Crippen molar-refractivity contribution in [1.29, 1.82) is 0 Å². The topological polar surface area (TPSA) is 83.3 Å². The molecule has 0 aliphatic rings. The van der Waals surface area contributed by atoms with Gasteiger partial charge in [-0.25, -0.2) is 9.78 Å². The summed E-state index contributed by atoms with van der Waals surface area (Å²) in [5, 5.41) is 18.0. The number of benzene rings is 2. The minimum atomic E-state index is -0.958. The van der Waals surface area contributed by atoms with Gasteiger partial charge < -0.3 is 10.2 Å². The Labute approximate surface area is 132 Å². The third-order valence-electron chi connectivity index (χ3n) is 3.49. The number of nitrogens with zero attached hydrogens (tertiary/aromatic N) is 2. The second-order valence-corrected chi connectivity index (χ2v) is 5.03. The largest absolute Gasteiger partial charge is 0.478 e. The summed E-state index contributed by atoms with van der Waals surface area (Å²) in [5.41, 5.74) is 4.16. The van der Waals surface area contributed by atoms with E-state index in [0.717, 1.165) is 16.7 Å². The van der Waals surface area contributed by atoms with Crippen LogP contribution in [0.15, 0.2) is 60.9 Å². The van der Waals surface area contributed by atoms with Gasteiger partial charge in [-0.1, -0.05) is 36.4 Å². The molecule has 0 unspecified atom stereocenters. The van der Waals surface area contributed by atoms with Crippen LogP contribution in [-0.4, -0.2) is 26.2 Å². The zero-order chi connectivity index (χ0) is 16.2. The van der Waals surface area contributed by atoms with E-state index < -0.39 is 5.97 Å². The Morgan fingerprint density at radius 3 is 1.87 bits per heavy atom. The van der Waals surface area contributed by atoms with E-state index in [9.17, 15) is 4.79 Å². The van der Waals surface area contributed by atoms with Gasteiger partial charge >= 0.3 is 5.97 Å². The summed E-state index contributed by atoms with van der Waals surface area (Å²) in [6.07, 6.45) is 3.31. The van der Waals surface area contributed by atoms with E-state index >= 15 is 0 Å². The molecule has 0 saturated heterocycles. The van der Waals surface area contributed by atoms with Crippen LogP contribution in [0.3, 0.4) is 0 Å². The maximum absolute atomic E-state index is 10.9. The first-order valence-electron chi connectivity index (χ1n) is 7.03. The normalized spacial score (nSPS) is 10.5. The SMILES string of the molecule is O=C(O)c1ccc(-c2cncc(-c3ccc(CO)cc3)n2)cc1. The van der Waals surface area contributed by atoms with Crippen molar-refractivity contribution < 1.29 is 15.0 Å². The second-order valence-electron chi connectivity index (χ2n) is 5.03. The molecule has 2 N–H and O–H groups in total. The summed E-state index contributed by atoms with van der Waals surface area (Å²) >= 11 is 0. The highest BCUT2D eigenvalue weighted by molar-refractivity contribution is 5.88. The Bertz CT molecular complexity index is 828. The van der Waals surface area contributed by atoms with Crippen LogP contribution >= 0.6 is 0 Å². The first kappa shape index (κ1) is 14.9. The van der Waals surface area contributed by atoms with E-state index in [4.69, 9.17) is 10.2 Å². The summed E-state index contributed by atoms with van der Waals surface area (Å²) < 4.78 is 0. The molecular formula is C18H14N2O3. The maximum atomic E-state index is 10.9. The number of carboxylic acid groups (broad SMARTS) is 1. The van der Waals surface area contributed by atoms with Crippen molar-refractivity contribution in [2.75, 3.05) is 0 Å². The van der Waals surface area contributed by atoms with Crippen molar-refractivity contribution in [2.24, 2.45) is 0 Å². The molecule has 1 aromatic heterocycles. The third-order valence-corrected chi connectivity index (χ3v) is 3.49. The van der Waals surface area contributed by atoms with E-state index in [-0.39, 0.29) is 12.2 Å². The monoisotopic (exact) mass is 306 g/mol. The number of carboxylic acids is 1. The minimum absolute atomic E-state index is 0.00191. The molecule has 2 aromatic carbocycles. The van der Waals surface area contributed by atoms with E-state index in [1.165, 1.54) is 0 Å². The molecule has 0 aliphatic heterocycles. The fourth-order valence-corrected chi connectivity index (χ4v) is 2.21. The van der Waals surface area contributed by atoms with Crippen molar-refractivity contribution in [2.45, 2.75) is 6.61 Å². The fraction of sp³-hybridized carbons (Fsp3) is 0.0556. The van der Waals surface area contributed by atoms with E-state index in [2.05, 4.69) is 9.97 Å². The Morgan fingerprint density at radius 2 is 1.39 bits per heavy atom. The molecule has 1 heterocycles. The van der Waals surface area contributed by atoms with E-state index in [1.54, 1.807) is 36.7 Å². The summed E-state index contributed by atoms with van der Waals surface area (Å²) in [5.74, 6) is -0.958. The van der Waals surface area contributed by atoms with Gasteiger partial charge in [-0.15, -0.1) is 0 Å². The summed E-state index contributed by atoms with van der Waals surface area (Å²) in [4.78, 5) is 19.7. The smallest absolute Gasteiger partial charge is 0.335 e. The molecule has 0 amide bonds. The van der Waals surface area contributed by atoms with Crippen molar-refractivity contribution >= 4 is 5.97 Å². The lowest BCUT2D eigenvalue weighted by Gasteiger charge is -2.05. The van der Waals surface area contributed by atoms with Crippen LogP contribution in [0.1, 0.15) is 15.9 Å². The van der Waals surface area contributed by atoms with Crippen molar-refractivity contribution in [3.05, 3.63) is 72.1 Å². The lowest BCUT2D eigenvalue weighted by Crippen LogP contribution is -1.96. The van der Waals surface area contributed by atoms with Gasteiger partial charge in [-0.2, -0.15) is 0 Å². The summed E-state index contributed by atoms with van der Waals surface area (Å²) in [6.45, 7) is 0.00191. The van der Waals surface area contributed by atoms with Crippen molar-refractivity contribution in [3.8, 4) is 22.5 Å². The van der Waals surface area contributed by atoms with Gasteiger partial charge in [0.1, 0.15) is 0 Å². The minimum Gasteiger partial charge on any atom is -0.478 e. The molecule has 23 heavy (non-hydrogen) atoms. The summed E-state index contributed by atoms with van der Waals surface area (Å²) in [6, 6.07) is 14.0. The van der Waals surface area contributed by atoms with Crippen LogP contribution in [-0.2, 0) is 6.61 Å². The molecule has 0 saturated carbocycles. The number of carbonyl (C=O) groups is 1. The number of hydrogen-bond donors (Lipinski definition) is 2. The van der Waals surface area contributed by atoms with Crippen molar-refractivity contribution in [3.63, 3.8) is 0 Å². The van der Waals surface area contributed by atoms with Gasteiger partial charge in [0.15, 0.2) is 0 Å². The molecule has 0 atom stereocenters. The second kappa shape index (κ2) is 6.37. The molecule has 0 aliphatic carbocycles. The third kappa shape index (κ3) is 3.25. The number of rotatable bonds is 4. The average molecular weight is 306 g/mol. The molecular weight excluding hydrogens is 292 g/mol. The lowest BCUT2D eigenvalue weighted by molar-refractivity contribution is 0.0697. The first-order valence-corrected chi connectivity index (χ1v) is 7.03. The van der Waals surface area contributed by atoms with E-state index in [1.807, 2.05) is 24.3 Å². The number of aliphatic hydroxyl groups is 1. The standard InChI is InChI=1S/C18H14N2O3/c21-11-12-1-3-13(4-2-12)16-9-19-10-17(20-16)14-5-7-15(8-6-14)18(22)23/h1-10,21H,11H2,(H,22,23). The van der Waals surface area contributed by atoms with Gasteiger partial charge in [-0.05, 0) is 17.7 Å². The Morgan fingerprint density at radius 1 is 0.870 bits per heavy atom. The predicted molar refractivity (Wildman–Crippen MR) is 85.8 cm³/mol. The first-order chi connectivity index (χ1) is 11.2. The average Bonchev–Trinajstić information content (AvgIpc) is 2.62. The van der Waals surface area contributed by atoms with Crippen LogP contribution in [0.4, 0.5) is 0 Å². The Hall–Kier alpha value is -3.05. The van der Waals surface area contributed by atoms with Gasteiger partial charge in [0.2, 0.25) is 0 Å². The van der Waals surface area contributed by atoms with Gasteiger partial charge in [-0.3, -0.25) is 4.98 Å². The molecule has 0 bridgehead atoms. The van der Waals surface area contributed by atoms with Gasteiger partial charge in [0.05, 0.1) is 36.0 Å². The Balaban J connectivity index is 1.93. The molecule has 0 spiro atoms. The van der Waals surface area contributed by atoms with Gasteiger partial charge in [0, 0.05) is 11.1 Å². The molecule has 0 radical (unpaired) electrons. The zero-order valence-electron chi connectivity index (χ0n) is 12.2. The molecule has 0 fully saturated rings. The predicted octanol–water partition coefficient (Wildman–Crippen LogP) is 3.00. The van der Waals surface area contributed by atoms with Crippen LogP contribution in [0.25, 0.3) is 22.5 Å². The molecule has 3 rings (SSSR count). The van der Waals surface area contributed by atoms with Crippen LogP contribution in [0.2, 0.25) is 0 Å². The lowest BCUT2D eigenvalue weighted by atomic mass is 10.1. The number of aromatic carboxylic acids is 1. The fourth-order valence-electron chi connectivity index (χ4n) is 2.21. The molecule has 5 nitrogen and oxygen atoms in total.